The first-order valence-electron chi connectivity index (χ1n) is 5.47. The van der Waals surface area contributed by atoms with E-state index >= 15 is 0 Å². The van der Waals surface area contributed by atoms with E-state index in [4.69, 9.17) is 17.3 Å². The first-order valence-corrected chi connectivity index (χ1v) is 5.85. The van der Waals surface area contributed by atoms with E-state index in [0.29, 0.717) is 13.1 Å². The summed E-state index contributed by atoms with van der Waals surface area (Å²) in [5.41, 5.74) is 5.33. The van der Waals surface area contributed by atoms with Crippen molar-refractivity contribution in [3.05, 3.63) is 40.9 Å². The SMILES string of the molecule is NCCn1cc(C(=O)Nc2c(F)cccc2Cl)nn1. The highest BCUT2D eigenvalue weighted by Gasteiger charge is 2.15. The third kappa shape index (κ3) is 3.07. The number of aromatic nitrogens is 3. The Balaban J connectivity index is 2.16. The molecule has 0 aliphatic carbocycles. The highest BCUT2D eigenvalue weighted by Crippen LogP contribution is 2.24. The molecule has 2 rings (SSSR count). The van der Waals surface area contributed by atoms with Crippen molar-refractivity contribution in [3.8, 4) is 0 Å². The van der Waals surface area contributed by atoms with Crippen molar-refractivity contribution in [1.82, 2.24) is 15.0 Å². The average molecular weight is 284 g/mol. The molecule has 19 heavy (non-hydrogen) atoms. The molecule has 100 valence electrons. The standard InChI is InChI=1S/C11H11ClFN5O/c12-7-2-1-3-8(13)10(7)15-11(19)9-6-18(5-4-14)17-16-9/h1-3,6H,4-5,14H2,(H,15,19). The number of nitrogens with one attached hydrogen (secondary N) is 1. The van der Waals surface area contributed by atoms with E-state index in [1.54, 1.807) is 0 Å². The molecule has 6 nitrogen and oxygen atoms in total. The second-order valence-electron chi connectivity index (χ2n) is 3.71. The number of carbonyl (C=O) groups excluding carboxylic acids is 1. The fourth-order valence-corrected chi connectivity index (χ4v) is 1.65. The maximum absolute atomic E-state index is 13.5. The van der Waals surface area contributed by atoms with Crippen LogP contribution in [0.2, 0.25) is 5.02 Å². The number of nitrogens with zero attached hydrogens (tertiary/aromatic N) is 3. The van der Waals surface area contributed by atoms with Gasteiger partial charge < -0.3 is 11.1 Å². The van der Waals surface area contributed by atoms with Crippen molar-refractivity contribution >= 4 is 23.2 Å². The van der Waals surface area contributed by atoms with Crippen LogP contribution in [0.1, 0.15) is 10.5 Å². The number of hydrogen-bond donors (Lipinski definition) is 2. The van der Waals surface area contributed by atoms with E-state index in [2.05, 4.69) is 15.6 Å². The molecule has 8 heteroatoms. The minimum Gasteiger partial charge on any atom is -0.329 e. The molecule has 0 aliphatic rings. The van der Waals surface area contributed by atoms with Gasteiger partial charge in [0.1, 0.15) is 5.82 Å². The predicted octanol–water partition coefficient (Wildman–Crippen LogP) is 1.28. The minimum atomic E-state index is -0.616. The molecule has 0 fully saturated rings. The molecule has 0 saturated heterocycles. The molecule has 0 spiro atoms. The number of halogens is 2. The number of carbonyl (C=O) groups is 1. The highest BCUT2D eigenvalue weighted by atomic mass is 35.5. The van der Waals surface area contributed by atoms with E-state index in [1.165, 1.54) is 29.1 Å². The smallest absolute Gasteiger partial charge is 0.277 e. The van der Waals surface area contributed by atoms with Gasteiger partial charge in [0.25, 0.3) is 5.91 Å². The lowest BCUT2D eigenvalue weighted by Crippen LogP contribution is -2.14. The Labute approximate surface area is 113 Å². The fourth-order valence-electron chi connectivity index (χ4n) is 1.44. The zero-order valence-corrected chi connectivity index (χ0v) is 10.6. The molecule has 0 atom stereocenters. The van der Waals surface area contributed by atoms with Gasteiger partial charge in [0.15, 0.2) is 5.69 Å². The van der Waals surface area contributed by atoms with Gasteiger partial charge in [-0.05, 0) is 12.1 Å². The Hall–Kier alpha value is -1.99. The largest absolute Gasteiger partial charge is 0.329 e. The molecule has 0 saturated carbocycles. The van der Waals surface area contributed by atoms with E-state index in [1.807, 2.05) is 0 Å². The zero-order chi connectivity index (χ0) is 13.8. The van der Waals surface area contributed by atoms with E-state index < -0.39 is 11.7 Å². The van der Waals surface area contributed by atoms with Crippen molar-refractivity contribution in [2.24, 2.45) is 5.73 Å². The third-order valence-electron chi connectivity index (χ3n) is 2.33. The number of anilines is 1. The van der Waals surface area contributed by atoms with Crippen molar-refractivity contribution in [1.29, 1.82) is 0 Å². The number of amides is 1. The van der Waals surface area contributed by atoms with E-state index in [-0.39, 0.29) is 16.4 Å². The van der Waals surface area contributed by atoms with Gasteiger partial charge >= 0.3 is 0 Å². The lowest BCUT2D eigenvalue weighted by atomic mass is 10.3. The van der Waals surface area contributed by atoms with Crippen LogP contribution in [0, 0.1) is 5.82 Å². The van der Waals surface area contributed by atoms with Crippen LogP contribution in [0.25, 0.3) is 0 Å². The summed E-state index contributed by atoms with van der Waals surface area (Å²) >= 11 is 5.80. The van der Waals surface area contributed by atoms with Crippen LogP contribution in [0.4, 0.5) is 10.1 Å². The second kappa shape index (κ2) is 5.77. The van der Waals surface area contributed by atoms with Gasteiger partial charge in [-0.3, -0.25) is 9.48 Å². The summed E-state index contributed by atoms with van der Waals surface area (Å²) in [5, 5.41) is 9.85. The van der Waals surface area contributed by atoms with Gasteiger partial charge in [0.2, 0.25) is 0 Å². The number of hydrogen-bond acceptors (Lipinski definition) is 4. The predicted molar refractivity (Wildman–Crippen MR) is 68.4 cm³/mol. The zero-order valence-electron chi connectivity index (χ0n) is 9.81. The highest BCUT2D eigenvalue weighted by molar-refractivity contribution is 6.33. The molecule has 0 bridgehead atoms. The lowest BCUT2D eigenvalue weighted by Gasteiger charge is -2.06. The van der Waals surface area contributed by atoms with Crippen molar-refractivity contribution in [3.63, 3.8) is 0 Å². The van der Waals surface area contributed by atoms with E-state index in [9.17, 15) is 9.18 Å². The van der Waals surface area contributed by atoms with Gasteiger partial charge in [0, 0.05) is 6.54 Å². The maximum Gasteiger partial charge on any atom is 0.277 e. The summed E-state index contributed by atoms with van der Waals surface area (Å²) < 4.78 is 14.9. The van der Waals surface area contributed by atoms with Crippen LogP contribution >= 0.6 is 11.6 Å². The molecular weight excluding hydrogens is 273 g/mol. The molecule has 3 N–H and O–H groups in total. The maximum atomic E-state index is 13.5. The number of rotatable bonds is 4. The van der Waals surface area contributed by atoms with Gasteiger partial charge in [-0.25, -0.2) is 4.39 Å². The third-order valence-corrected chi connectivity index (χ3v) is 2.65. The Morgan fingerprint density at radius 2 is 2.32 bits per heavy atom. The Morgan fingerprint density at radius 1 is 1.53 bits per heavy atom. The van der Waals surface area contributed by atoms with Crippen molar-refractivity contribution in [2.45, 2.75) is 6.54 Å². The van der Waals surface area contributed by atoms with Gasteiger partial charge in [0.05, 0.1) is 23.5 Å². The lowest BCUT2D eigenvalue weighted by molar-refractivity contribution is 0.102. The number of benzene rings is 1. The van der Waals surface area contributed by atoms with Crippen LogP contribution in [-0.2, 0) is 6.54 Å². The van der Waals surface area contributed by atoms with Crippen molar-refractivity contribution < 1.29 is 9.18 Å². The Kier molecular flexibility index (Phi) is 4.08. The molecule has 1 heterocycles. The Bertz CT molecular complexity index is 580. The number of para-hydroxylation sites is 1. The second-order valence-corrected chi connectivity index (χ2v) is 4.11. The van der Waals surface area contributed by atoms with Crippen LogP contribution in [0.5, 0.6) is 0 Å². The molecule has 2 aromatic rings. The summed E-state index contributed by atoms with van der Waals surface area (Å²) in [5.74, 6) is -1.20. The first kappa shape index (κ1) is 13.4. The summed E-state index contributed by atoms with van der Waals surface area (Å²) in [4.78, 5) is 11.9. The van der Waals surface area contributed by atoms with Crippen LogP contribution < -0.4 is 11.1 Å². The number of nitrogens with two attached hydrogens (primary N) is 1. The van der Waals surface area contributed by atoms with Crippen LogP contribution in [-0.4, -0.2) is 27.4 Å². The molecule has 0 aliphatic heterocycles. The molecule has 1 aromatic heterocycles. The van der Waals surface area contributed by atoms with E-state index in [0.717, 1.165) is 0 Å². The van der Waals surface area contributed by atoms with Crippen molar-refractivity contribution in [2.75, 3.05) is 11.9 Å². The summed E-state index contributed by atoms with van der Waals surface area (Å²) in [6.45, 7) is 0.824. The monoisotopic (exact) mass is 283 g/mol. The topological polar surface area (TPSA) is 85.8 Å². The fraction of sp³-hybridized carbons (Fsp3) is 0.182. The normalized spacial score (nSPS) is 10.5. The summed E-state index contributed by atoms with van der Waals surface area (Å²) in [6.07, 6.45) is 1.43. The Morgan fingerprint density at radius 3 is 3.00 bits per heavy atom. The molecule has 0 radical (unpaired) electrons. The molecule has 1 amide bonds. The first-order chi connectivity index (χ1) is 9.11. The van der Waals surface area contributed by atoms with Crippen LogP contribution in [0.15, 0.2) is 24.4 Å². The quantitative estimate of drug-likeness (QED) is 0.885. The minimum absolute atomic E-state index is 0.0627. The summed E-state index contributed by atoms with van der Waals surface area (Å²) in [7, 11) is 0. The van der Waals surface area contributed by atoms with Crippen LogP contribution in [0.3, 0.4) is 0 Å². The molecule has 0 unspecified atom stereocenters. The van der Waals surface area contributed by atoms with Gasteiger partial charge in [-0.1, -0.05) is 22.9 Å². The van der Waals surface area contributed by atoms with Gasteiger partial charge in [-0.2, -0.15) is 0 Å². The molecular formula is C11H11ClFN5O. The van der Waals surface area contributed by atoms with Gasteiger partial charge in [-0.15, -0.1) is 5.10 Å². The molecule has 1 aromatic carbocycles. The average Bonchev–Trinajstić information content (AvgIpc) is 2.83. The summed E-state index contributed by atoms with van der Waals surface area (Å²) in [6, 6.07) is 4.13.